The summed E-state index contributed by atoms with van der Waals surface area (Å²) in [4.78, 5) is 11.7. The number of para-hydroxylation sites is 2. The van der Waals surface area contributed by atoms with Crippen LogP contribution in [0.3, 0.4) is 0 Å². The SMILES string of the molecule is O=C(CSc1nnc(COc2ccccc2Cl)n1-c1ccccc1)NCC(F)(F)F. The number of carbonyl (C=O) groups excluding carboxylic acids is 1. The van der Waals surface area contributed by atoms with Gasteiger partial charge in [-0.1, -0.05) is 53.7 Å². The zero-order valence-electron chi connectivity index (χ0n) is 15.4. The minimum absolute atomic E-state index is 0.0481. The van der Waals surface area contributed by atoms with Gasteiger partial charge in [0.1, 0.15) is 18.9 Å². The van der Waals surface area contributed by atoms with Gasteiger partial charge in [0.25, 0.3) is 0 Å². The summed E-state index contributed by atoms with van der Waals surface area (Å²) in [5, 5.41) is 10.8. The first kappa shape index (κ1) is 22.0. The van der Waals surface area contributed by atoms with Crippen LogP contribution in [0.25, 0.3) is 5.69 Å². The maximum absolute atomic E-state index is 12.2. The lowest BCUT2D eigenvalue weighted by Gasteiger charge is -2.12. The molecule has 0 spiro atoms. The smallest absolute Gasteiger partial charge is 0.405 e. The lowest BCUT2D eigenvalue weighted by molar-refractivity contribution is -0.136. The van der Waals surface area contributed by atoms with Crippen LogP contribution in [0, 0.1) is 0 Å². The molecule has 0 aliphatic rings. The van der Waals surface area contributed by atoms with Gasteiger partial charge in [-0.05, 0) is 24.3 Å². The number of rotatable bonds is 8. The van der Waals surface area contributed by atoms with E-state index < -0.39 is 18.6 Å². The van der Waals surface area contributed by atoms with Crippen molar-refractivity contribution in [2.75, 3.05) is 12.3 Å². The number of halogens is 4. The van der Waals surface area contributed by atoms with Crippen molar-refractivity contribution in [3.63, 3.8) is 0 Å². The van der Waals surface area contributed by atoms with E-state index in [0.717, 1.165) is 17.4 Å². The summed E-state index contributed by atoms with van der Waals surface area (Å²) in [6, 6.07) is 16.1. The van der Waals surface area contributed by atoms with Gasteiger partial charge in [0.05, 0.1) is 10.8 Å². The number of hydrogen-bond acceptors (Lipinski definition) is 5. The fraction of sp³-hybridized carbons (Fsp3) is 0.211. The van der Waals surface area contributed by atoms with E-state index in [4.69, 9.17) is 16.3 Å². The molecule has 2 aromatic carbocycles. The summed E-state index contributed by atoms with van der Waals surface area (Å²) in [7, 11) is 0. The molecule has 1 amide bonds. The molecule has 0 saturated heterocycles. The number of nitrogens with one attached hydrogen (secondary N) is 1. The first-order valence-corrected chi connectivity index (χ1v) is 10.0. The van der Waals surface area contributed by atoms with Gasteiger partial charge >= 0.3 is 6.18 Å². The minimum Gasteiger partial charge on any atom is -0.484 e. The van der Waals surface area contributed by atoms with E-state index in [1.165, 1.54) is 0 Å². The van der Waals surface area contributed by atoms with Crippen LogP contribution >= 0.6 is 23.4 Å². The molecular formula is C19H16ClF3N4O2S. The van der Waals surface area contributed by atoms with Crippen LogP contribution < -0.4 is 10.1 Å². The maximum Gasteiger partial charge on any atom is 0.405 e. The number of alkyl halides is 3. The van der Waals surface area contributed by atoms with E-state index in [2.05, 4.69) is 10.2 Å². The molecule has 1 N–H and O–H groups in total. The second kappa shape index (κ2) is 9.86. The van der Waals surface area contributed by atoms with Gasteiger partial charge in [-0.25, -0.2) is 0 Å². The molecule has 3 aromatic rings. The number of ether oxygens (including phenoxy) is 1. The zero-order chi connectivity index (χ0) is 21.6. The second-order valence-corrected chi connectivity index (χ2v) is 7.32. The van der Waals surface area contributed by atoms with Crippen molar-refractivity contribution in [2.24, 2.45) is 0 Å². The largest absolute Gasteiger partial charge is 0.484 e. The molecule has 11 heteroatoms. The van der Waals surface area contributed by atoms with Crippen molar-refractivity contribution in [1.29, 1.82) is 0 Å². The minimum atomic E-state index is -4.46. The summed E-state index contributed by atoms with van der Waals surface area (Å²) >= 11 is 7.08. The van der Waals surface area contributed by atoms with Crippen molar-refractivity contribution >= 4 is 29.3 Å². The number of aromatic nitrogens is 3. The lowest BCUT2D eigenvalue weighted by atomic mass is 10.3. The summed E-state index contributed by atoms with van der Waals surface area (Å²) < 4.78 is 44.2. The normalized spacial score (nSPS) is 11.3. The van der Waals surface area contributed by atoms with Gasteiger partial charge in [-0.2, -0.15) is 13.2 Å². The number of thioether (sulfide) groups is 1. The van der Waals surface area contributed by atoms with Gasteiger partial charge in [0, 0.05) is 5.69 Å². The molecule has 1 heterocycles. The molecule has 0 atom stereocenters. The van der Waals surface area contributed by atoms with Crippen LogP contribution in [-0.4, -0.2) is 39.1 Å². The number of nitrogens with zero attached hydrogens (tertiary/aromatic N) is 3. The van der Waals surface area contributed by atoms with Crippen molar-refractivity contribution in [1.82, 2.24) is 20.1 Å². The number of benzene rings is 2. The Bertz CT molecular complexity index is 999. The molecular weight excluding hydrogens is 441 g/mol. The fourth-order valence-electron chi connectivity index (χ4n) is 2.41. The Balaban J connectivity index is 1.75. The van der Waals surface area contributed by atoms with E-state index in [1.54, 1.807) is 28.8 Å². The van der Waals surface area contributed by atoms with Crippen LogP contribution in [0.2, 0.25) is 5.02 Å². The highest BCUT2D eigenvalue weighted by atomic mass is 35.5. The summed E-state index contributed by atoms with van der Waals surface area (Å²) in [6.07, 6.45) is -4.46. The number of carbonyl (C=O) groups is 1. The molecule has 0 radical (unpaired) electrons. The zero-order valence-corrected chi connectivity index (χ0v) is 17.0. The fourth-order valence-corrected chi connectivity index (χ4v) is 3.40. The van der Waals surface area contributed by atoms with E-state index in [1.807, 2.05) is 35.6 Å². The van der Waals surface area contributed by atoms with Crippen LogP contribution in [-0.2, 0) is 11.4 Å². The van der Waals surface area contributed by atoms with Crippen LogP contribution in [0.4, 0.5) is 13.2 Å². The molecule has 158 valence electrons. The summed E-state index contributed by atoms with van der Waals surface area (Å²) in [5.74, 6) is -0.0810. The first-order valence-electron chi connectivity index (χ1n) is 8.67. The molecule has 30 heavy (non-hydrogen) atoms. The second-order valence-electron chi connectivity index (χ2n) is 5.97. The van der Waals surface area contributed by atoms with Gasteiger partial charge in [0.15, 0.2) is 11.0 Å². The average Bonchev–Trinajstić information content (AvgIpc) is 3.13. The Hall–Kier alpha value is -2.72. The molecule has 0 saturated carbocycles. The van der Waals surface area contributed by atoms with Crippen LogP contribution in [0.5, 0.6) is 5.75 Å². The molecule has 1 aromatic heterocycles. The highest BCUT2D eigenvalue weighted by Gasteiger charge is 2.27. The van der Waals surface area contributed by atoms with Crippen molar-refractivity contribution < 1.29 is 22.7 Å². The van der Waals surface area contributed by atoms with Gasteiger partial charge in [-0.15, -0.1) is 10.2 Å². The Kier molecular flexibility index (Phi) is 7.22. The van der Waals surface area contributed by atoms with Gasteiger partial charge in [-0.3, -0.25) is 9.36 Å². The standard InChI is InChI=1S/C19H16ClF3N4O2S/c20-14-8-4-5-9-15(14)29-10-16-25-26-18(27(16)13-6-2-1-3-7-13)30-11-17(28)24-12-19(21,22)23/h1-9H,10-12H2,(H,24,28). The molecule has 3 rings (SSSR count). The quantitative estimate of drug-likeness (QED) is 0.513. The average molecular weight is 457 g/mol. The third-order valence-electron chi connectivity index (χ3n) is 3.73. The predicted octanol–water partition coefficient (Wildman–Crippen LogP) is 4.27. The Morgan fingerprint density at radius 2 is 1.80 bits per heavy atom. The summed E-state index contributed by atoms with van der Waals surface area (Å²) in [5.41, 5.74) is 0.721. The molecule has 0 unspecified atom stereocenters. The van der Waals surface area contributed by atoms with Crippen LogP contribution in [0.15, 0.2) is 59.8 Å². The van der Waals surface area contributed by atoms with Gasteiger partial charge < -0.3 is 10.1 Å². The third kappa shape index (κ3) is 6.14. The van der Waals surface area contributed by atoms with Crippen molar-refractivity contribution in [3.8, 4) is 11.4 Å². The maximum atomic E-state index is 12.2. The van der Waals surface area contributed by atoms with E-state index in [9.17, 15) is 18.0 Å². The first-order chi connectivity index (χ1) is 14.3. The number of amides is 1. The monoisotopic (exact) mass is 456 g/mol. The topological polar surface area (TPSA) is 69.0 Å². The highest BCUT2D eigenvalue weighted by Crippen LogP contribution is 2.26. The highest BCUT2D eigenvalue weighted by molar-refractivity contribution is 7.99. The van der Waals surface area contributed by atoms with E-state index in [-0.39, 0.29) is 12.4 Å². The van der Waals surface area contributed by atoms with E-state index >= 15 is 0 Å². The Morgan fingerprint density at radius 1 is 1.10 bits per heavy atom. The molecule has 0 aliphatic heterocycles. The van der Waals surface area contributed by atoms with Crippen molar-refractivity contribution in [3.05, 3.63) is 65.4 Å². The van der Waals surface area contributed by atoms with Gasteiger partial charge in [0.2, 0.25) is 5.91 Å². The Morgan fingerprint density at radius 3 is 2.50 bits per heavy atom. The lowest BCUT2D eigenvalue weighted by Crippen LogP contribution is -2.34. The predicted molar refractivity (Wildman–Crippen MR) is 107 cm³/mol. The molecule has 0 aliphatic carbocycles. The molecule has 0 bridgehead atoms. The molecule has 0 fully saturated rings. The summed E-state index contributed by atoms with van der Waals surface area (Å²) in [6.45, 7) is -1.33. The van der Waals surface area contributed by atoms with Crippen molar-refractivity contribution in [2.45, 2.75) is 17.9 Å². The Labute approximate surface area is 179 Å². The third-order valence-corrected chi connectivity index (χ3v) is 4.97. The number of hydrogen-bond donors (Lipinski definition) is 1. The van der Waals surface area contributed by atoms with E-state index in [0.29, 0.717) is 21.8 Å². The molecule has 6 nitrogen and oxygen atoms in total. The van der Waals surface area contributed by atoms with Crippen LogP contribution in [0.1, 0.15) is 5.82 Å².